The molecule has 2 fully saturated rings. The van der Waals surface area contributed by atoms with Crippen LogP contribution in [-0.4, -0.2) is 47.5 Å². The van der Waals surface area contributed by atoms with Crippen molar-refractivity contribution in [3.8, 4) is 0 Å². The Kier molecular flexibility index (Phi) is 5.34. The van der Waals surface area contributed by atoms with Crippen LogP contribution in [0.2, 0.25) is 0 Å². The van der Waals surface area contributed by atoms with Crippen LogP contribution in [0.25, 0.3) is 10.9 Å². The van der Waals surface area contributed by atoms with E-state index in [-0.39, 0.29) is 5.91 Å². The van der Waals surface area contributed by atoms with Crippen LogP contribution in [0.3, 0.4) is 0 Å². The summed E-state index contributed by atoms with van der Waals surface area (Å²) in [6.45, 7) is 3.26. The third-order valence-electron chi connectivity index (χ3n) is 6.36. The second-order valence-electron chi connectivity index (χ2n) is 8.28. The van der Waals surface area contributed by atoms with Crippen LogP contribution in [0.15, 0.2) is 18.3 Å². The van der Waals surface area contributed by atoms with E-state index in [0.717, 1.165) is 31.7 Å². The lowest BCUT2D eigenvalue weighted by Crippen LogP contribution is -2.34. The number of pyridine rings is 1. The van der Waals surface area contributed by atoms with E-state index in [0.29, 0.717) is 18.4 Å². The molecule has 1 amide bonds. The van der Waals surface area contributed by atoms with Gasteiger partial charge in [-0.1, -0.05) is 0 Å². The molecule has 3 N–H and O–H groups in total. The number of aromatic nitrogens is 2. The smallest absolute Gasteiger partial charge is 0.217 e. The fourth-order valence-corrected chi connectivity index (χ4v) is 4.71. The number of carbonyl (C=O) groups is 1. The van der Waals surface area contributed by atoms with E-state index in [2.05, 4.69) is 34.0 Å². The molecule has 0 radical (unpaired) electrons. The number of nitrogens with two attached hydrogens (primary N) is 1. The molecule has 0 bridgehead atoms. The van der Waals surface area contributed by atoms with Gasteiger partial charge in [-0.05, 0) is 64.1 Å². The van der Waals surface area contributed by atoms with Gasteiger partial charge < -0.3 is 15.6 Å². The molecule has 2 aliphatic heterocycles. The summed E-state index contributed by atoms with van der Waals surface area (Å²) in [6, 6.07) is 4.99. The second-order valence-corrected chi connectivity index (χ2v) is 8.28. The summed E-state index contributed by atoms with van der Waals surface area (Å²) in [7, 11) is 2.21. The number of amides is 1. The van der Waals surface area contributed by atoms with Gasteiger partial charge in [-0.25, -0.2) is 4.98 Å². The highest BCUT2D eigenvalue weighted by Gasteiger charge is 2.25. The van der Waals surface area contributed by atoms with Crippen LogP contribution in [-0.2, 0) is 4.79 Å². The van der Waals surface area contributed by atoms with Crippen molar-refractivity contribution in [3.63, 3.8) is 0 Å². The molecule has 6 heteroatoms. The number of rotatable bonds is 6. The summed E-state index contributed by atoms with van der Waals surface area (Å²) in [5.74, 6) is 1.60. The summed E-state index contributed by atoms with van der Waals surface area (Å²) in [4.78, 5) is 24.1. The number of H-pyrrole nitrogens is 1. The first-order chi connectivity index (χ1) is 13.1. The highest BCUT2D eigenvalue weighted by Crippen LogP contribution is 2.33. The molecular formula is C21H31N5O. The number of hydrogen-bond donors (Lipinski definition) is 2. The molecule has 2 saturated heterocycles. The Morgan fingerprint density at radius 2 is 2.07 bits per heavy atom. The van der Waals surface area contributed by atoms with Crippen LogP contribution < -0.4 is 10.6 Å². The molecule has 2 aliphatic rings. The fourth-order valence-electron chi connectivity index (χ4n) is 4.71. The number of primary amides is 1. The van der Waals surface area contributed by atoms with Crippen molar-refractivity contribution in [1.82, 2.24) is 14.9 Å². The molecule has 0 aromatic carbocycles. The number of aromatic amines is 1. The van der Waals surface area contributed by atoms with Gasteiger partial charge in [0, 0.05) is 48.9 Å². The van der Waals surface area contributed by atoms with Gasteiger partial charge >= 0.3 is 0 Å². The maximum Gasteiger partial charge on any atom is 0.217 e. The van der Waals surface area contributed by atoms with Crippen molar-refractivity contribution in [2.45, 2.75) is 51.0 Å². The molecule has 0 spiro atoms. The highest BCUT2D eigenvalue weighted by molar-refractivity contribution is 5.82. The minimum Gasteiger partial charge on any atom is -0.370 e. The van der Waals surface area contributed by atoms with Gasteiger partial charge in [0.15, 0.2) is 0 Å². The first kappa shape index (κ1) is 18.3. The lowest BCUT2D eigenvalue weighted by Gasteiger charge is -2.32. The maximum absolute atomic E-state index is 10.9. The topological polar surface area (TPSA) is 78.2 Å². The summed E-state index contributed by atoms with van der Waals surface area (Å²) in [6.07, 6.45) is 9.40. The molecule has 146 valence electrons. The lowest BCUT2D eigenvalue weighted by molar-refractivity contribution is -0.118. The van der Waals surface area contributed by atoms with Gasteiger partial charge in [0.25, 0.3) is 0 Å². The first-order valence-electron chi connectivity index (χ1n) is 10.3. The van der Waals surface area contributed by atoms with Crippen LogP contribution in [0.1, 0.15) is 56.7 Å². The quantitative estimate of drug-likeness (QED) is 0.820. The van der Waals surface area contributed by atoms with E-state index < -0.39 is 0 Å². The largest absolute Gasteiger partial charge is 0.370 e. The van der Waals surface area contributed by atoms with Gasteiger partial charge in [0.2, 0.25) is 5.91 Å². The molecule has 1 atom stereocenters. The van der Waals surface area contributed by atoms with Crippen LogP contribution in [0.4, 0.5) is 5.82 Å². The number of nitrogens with one attached hydrogen (secondary N) is 1. The zero-order chi connectivity index (χ0) is 18.8. The Balaban J connectivity index is 1.39. The molecule has 2 aromatic heterocycles. The number of anilines is 1. The van der Waals surface area contributed by atoms with Crippen molar-refractivity contribution >= 4 is 22.6 Å². The molecule has 2 aromatic rings. The Bertz CT molecular complexity index is 793. The number of fused-ring (bicyclic) bond motifs is 1. The average Bonchev–Trinajstić information content (AvgIpc) is 3.27. The zero-order valence-corrected chi connectivity index (χ0v) is 16.3. The predicted molar refractivity (Wildman–Crippen MR) is 109 cm³/mol. The third-order valence-corrected chi connectivity index (χ3v) is 6.36. The van der Waals surface area contributed by atoms with Crippen molar-refractivity contribution in [2.24, 2.45) is 11.7 Å². The average molecular weight is 370 g/mol. The van der Waals surface area contributed by atoms with E-state index in [1.54, 1.807) is 0 Å². The van der Waals surface area contributed by atoms with E-state index in [4.69, 9.17) is 10.7 Å². The fraction of sp³-hybridized carbons (Fsp3) is 0.619. The van der Waals surface area contributed by atoms with Crippen molar-refractivity contribution in [2.75, 3.05) is 31.6 Å². The van der Waals surface area contributed by atoms with E-state index in [1.807, 2.05) is 6.20 Å². The van der Waals surface area contributed by atoms with Crippen molar-refractivity contribution in [3.05, 3.63) is 24.0 Å². The van der Waals surface area contributed by atoms with Gasteiger partial charge in [-0.3, -0.25) is 9.69 Å². The molecule has 0 aliphatic carbocycles. The number of nitrogens with zero attached hydrogens (tertiary/aromatic N) is 3. The first-order valence-corrected chi connectivity index (χ1v) is 10.3. The predicted octanol–water partition coefficient (Wildman–Crippen LogP) is 3.20. The Morgan fingerprint density at radius 1 is 1.26 bits per heavy atom. The Hall–Kier alpha value is -2.08. The lowest BCUT2D eigenvalue weighted by atomic mass is 9.91. The SMILES string of the molecule is CN1CCC[C@@H]1c1cc2cnc(N3CCC(CCCC(N)=O)CC3)cc2[nH]1. The number of likely N-dealkylation sites (tertiary alicyclic amines) is 1. The van der Waals surface area contributed by atoms with E-state index in [1.165, 1.54) is 48.8 Å². The van der Waals surface area contributed by atoms with E-state index in [9.17, 15) is 4.79 Å². The minimum atomic E-state index is -0.181. The standard InChI is InChI=1S/C21H31N5O/c1-25-9-3-5-19(25)18-12-16-14-23-21(13-17(16)24-18)26-10-7-15(8-11-26)4-2-6-20(22)27/h12-15,19,24H,2-11H2,1H3,(H2,22,27)/t19-/m1/s1. The van der Waals surface area contributed by atoms with E-state index >= 15 is 0 Å². The maximum atomic E-state index is 10.9. The van der Waals surface area contributed by atoms with Gasteiger partial charge in [0.05, 0.1) is 5.52 Å². The summed E-state index contributed by atoms with van der Waals surface area (Å²) < 4.78 is 0. The van der Waals surface area contributed by atoms with Crippen LogP contribution in [0, 0.1) is 5.92 Å². The molecule has 4 heterocycles. The van der Waals surface area contributed by atoms with Crippen LogP contribution in [0.5, 0.6) is 0 Å². The monoisotopic (exact) mass is 369 g/mol. The van der Waals surface area contributed by atoms with Crippen LogP contribution >= 0.6 is 0 Å². The highest BCUT2D eigenvalue weighted by atomic mass is 16.1. The van der Waals surface area contributed by atoms with Gasteiger partial charge in [-0.2, -0.15) is 0 Å². The van der Waals surface area contributed by atoms with Gasteiger partial charge in [-0.15, -0.1) is 0 Å². The van der Waals surface area contributed by atoms with Crippen molar-refractivity contribution < 1.29 is 4.79 Å². The second kappa shape index (κ2) is 7.89. The zero-order valence-electron chi connectivity index (χ0n) is 16.3. The number of carbonyl (C=O) groups excluding carboxylic acids is 1. The third kappa shape index (κ3) is 4.10. The van der Waals surface area contributed by atoms with Gasteiger partial charge in [0.1, 0.15) is 5.82 Å². The summed E-state index contributed by atoms with van der Waals surface area (Å²) >= 11 is 0. The van der Waals surface area contributed by atoms with Crippen molar-refractivity contribution in [1.29, 1.82) is 0 Å². The summed E-state index contributed by atoms with van der Waals surface area (Å²) in [5, 5.41) is 1.20. The molecule has 27 heavy (non-hydrogen) atoms. The molecule has 0 saturated carbocycles. The molecular weight excluding hydrogens is 338 g/mol. The normalized spacial score (nSPS) is 22.0. The summed E-state index contributed by atoms with van der Waals surface area (Å²) in [5.41, 5.74) is 7.75. The minimum absolute atomic E-state index is 0.181. The number of hydrogen-bond acceptors (Lipinski definition) is 4. The molecule has 0 unspecified atom stereocenters. The Labute approximate surface area is 161 Å². The Morgan fingerprint density at radius 3 is 2.78 bits per heavy atom. The molecule has 4 rings (SSSR count). The molecule has 6 nitrogen and oxygen atoms in total. The number of piperidine rings is 1.